The predicted octanol–water partition coefficient (Wildman–Crippen LogP) is 5.30. The molecule has 0 radical (unpaired) electrons. The standard InChI is InChI=1S/C15H8BrClF2N2/c1-7-2-3-8(11(19)6-7)15-20-13-10(18)5-4-9(16)12(13)14(17)21-15/h2-6H,1H3. The second-order valence-corrected chi connectivity index (χ2v) is 5.79. The minimum Gasteiger partial charge on any atom is -0.225 e. The first-order valence-electron chi connectivity index (χ1n) is 6.05. The smallest absolute Gasteiger partial charge is 0.164 e. The molecule has 3 rings (SSSR count). The highest BCUT2D eigenvalue weighted by Gasteiger charge is 2.16. The molecule has 2 aromatic carbocycles. The van der Waals surface area contributed by atoms with Crippen LogP contribution in [-0.2, 0) is 0 Å². The summed E-state index contributed by atoms with van der Waals surface area (Å²) in [5.41, 5.74) is 1.01. The van der Waals surface area contributed by atoms with Gasteiger partial charge in [0, 0.05) is 4.47 Å². The molecular formula is C15H8BrClF2N2. The largest absolute Gasteiger partial charge is 0.225 e. The van der Waals surface area contributed by atoms with Crippen molar-refractivity contribution in [2.75, 3.05) is 0 Å². The van der Waals surface area contributed by atoms with Crippen molar-refractivity contribution in [3.05, 3.63) is 57.2 Å². The summed E-state index contributed by atoms with van der Waals surface area (Å²) in [6, 6.07) is 7.45. The van der Waals surface area contributed by atoms with Crippen LogP contribution in [0.1, 0.15) is 5.56 Å². The van der Waals surface area contributed by atoms with Gasteiger partial charge in [-0.1, -0.05) is 17.7 Å². The second kappa shape index (κ2) is 5.31. The van der Waals surface area contributed by atoms with Crippen LogP contribution in [0, 0.1) is 18.6 Å². The quantitative estimate of drug-likeness (QED) is 0.544. The molecule has 0 bridgehead atoms. The van der Waals surface area contributed by atoms with Crippen LogP contribution in [0.15, 0.2) is 34.8 Å². The number of hydrogen-bond donors (Lipinski definition) is 0. The topological polar surface area (TPSA) is 25.8 Å². The Labute approximate surface area is 132 Å². The summed E-state index contributed by atoms with van der Waals surface area (Å²) in [6.45, 7) is 1.78. The molecule has 1 heterocycles. The van der Waals surface area contributed by atoms with Crippen LogP contribution in [0.3, 0.4) is 0 Å². The highest BCUT2D eigenvalue weighted by atomic mass is 79.9. The normalized spacial score (nSPS) is 11.1. The maximum atomic E-state index is 14.0. The Bertz CT molecular complexity index is 868. The Kier molecular flexibility index (Phi) is 3.63. The van der Waals surface area contributed by atoms with Gasteiger partial charge in [-0.05, 0) is 52.7 Å². The van der Waals surface area contributed by atoms with E-state index in [1.165, 1.54) is 18.2 Å². The van der Waals surface area contributed by atoms with Crippen molar-refractivity contribution in [3.8, 4) is 11.4 Å². The van der Waals surface area contributed by atoms with E-state index in [4.69, 9.17) is 11.6 Å². The Morgan fingerprint density at radius 2 is 1.81 bits per heavy atom. The number of halogens is 4. The van der Waals surface area contributed by atoms with Crippen molar-refractivity contribution in [2.45, 2.75) is 6.92 Å². The van der Waals surface area contributed by atoms with Gasteiger partial charge in [0.05, 0.1) is 10.9 Å². The fourth-order valence-electron chi connectivity index (χ4n) is 2.05. The third kappa shape index (κ3) is 2.51. The number of benzene rings is 2. The van der Waals surface area contributed by atoms with E-state index >= 15 is 0 Å². The van der Waals surface area contributed by atoms with Crippen molar-refractivity contribution in [1.29, 1.82) is 0 Å². The summed E-state index contributed by atoms with van der Waals surface area (Å²) in [4.78, 5) is 8.20. The molecule has 6 heteroatoms. The molecule has 0 spiro atoms. The Morgan fingerprint density at radius 1 is 1.05 bits per heavy atom. The highest BCUT2D eigenvalue weighted by molar-refractivity contribution is 9.10. The lowest BCUT2D eigenvalue weighted by Crippen LogP contribution is -1.97. The average Bonchev–Trinajstić information content (AvgIpc) is 2.42. The van der Waals surface area contributed by atoms with Gasteiger partial charge < -0.3 is 0 Å². The third-order valence-corrected chi connectivity index (χ3v) is 4.01. The Balaban J connectivity index is 2.33. The second-order valence-electron chi connectivity index (χ2n) is 4.57. The van der Waals surface area contributed by atoms with Crippen LogP contribution < -0.4 is 0 Å². The minimum absolute atomic E-state index is 0.0550. The molecule has 0 fully saturated rings. The molecule has 3 aromatic rings. The van der Waals surface area contributed by atoms with Crippen LogP contribution >= 0.6 is 27.5 Å². The molecule has 2 nitrogen and oxygen atoms in total. The van der Waals surface area contributed by atoms with Gasteiger partial charge >= 0.3 is 0 Å². The predicted molar refractivity (Wildman–Crippen MR) is 82.3 cm³/mol. The zero-order valence-corrected chi connectivity index (χ0v) is 13.1. The van der Waals surface area contributed by atoms with E-state index in [1.807, 2.05) is 0 Å². The van der Waals surface area contributed by atoms with Gasteiger partial charge in [-0.15, -0.1) is 0 Å². The molecule has 106 valence electrons. The van der Waals surface area contributed by atoms with Crippen LogP contribution in [0.5, 0.6) is 0 Å². The first kappa shape index (κ1) is 14.4. The molecule has 1 aromatic heterocycles. The van der Waals surface area contributed by atoms with Gasteiger partial charge in [0.25, 0.3) is 0 Å². The summed E-state index contributed by atoms with van der Waals surface area (Å²) in [5, 5.41) is 0.439. The van der Waals surface area contributed by atoms with E-state index in [0.29, 0.717) is 9.86 Å². The van der Waals surface area contributed by atoms with E-state index in [1.54, 1.807) is 19.1 Å². The van der Waals surface area contributed by atoms with Gasteiger partial charge in [-0.25, -0.2) is 18.7 Å². The van der Waals surface area contributed by atoms with Crippen molar-refractivity contribution < 1.29 is 8.78 Å². The zero-order valence-electron chi connectivity index (χ0n) is 10.8. The minimum atomic E-state index is -0.536. The Morgan fingerprint density at radius 3 is 2.52 bits per heavy atom. The first-order valence-corrected chi connectivity index (χ1v) is 7.22. The molecular weight excluding hydrogens is 362 g/mol. The number of aromatic nitrogens is 2. The monoisotopic (exact) mass is 368 g/mol. The van der Waals surface area contributed by atoms with Crippen LogP contribution in [0.25, 0.3) is 22.3 Å². The maximum Gasteiger partial charge on any atom is 0.164 e. The lowest BCUT2D eigenvalue weighted by Gasteiger charge is -2.08. The van der Waals surface area contributed by atoms with Gasteiger partial charge in [0.15, 0.2) is 5.82 Å². The lowest BCUT2D eigenvalue weighted by molar-refractivity contribution is 0.627. The highest BCUT2D eigenvalue weighted by Crippen LogP contribution is 2.32. The zero-order chi connectivity index (χ0) is 15.1. The van der Waals surface area contributed by atoms with Crippen molar-refractivity contribution >= 4 is 38.4 Å². The maximum absolute atomic E-state index is 14.0. The van der Waals surface area contributed by atoms with Gasteiger partial charge in [0.2, 0.25) is 0 Å². The van der Waals surface area contributed by atoms with Crippen molar-refractivity contribution in [1.82, 2.24) is 9.97 Å². The lowest BCUT2D eigenvalue weighted by atomic mass is 10.1. The summed E-state index contributed by atoms with van der Waals surface area (Å²) >= 11 is 9.38. The fourth-order valence-corrected chi connectivity index (χ4v) is 2.94. The first-order chi connectivity index (χ1) is 9.97. The van der Waals surface area contributed by atoms with Crippen molar-refractivity contribution in [3.63, 3.8) is 0 Å². The molecule has 0 aliphatic carbocycles. The van der Waals surface area contributed by atoms with Crippen LogP contribution in [0.4, 0.5) is 8.78 Å². The molecule has 0 atom stereocenters. The Hall–Kier alpha value is -1.59. The number of aryl methyl sites for hydroxylation is 1. The number of rotatable bonds is 1. The SMILES string of the molecule is Cc1ccc(-c2nc(Cl)c3c(Br)ccc(F)c3n2)c(F)c1. The van der Waals surface area contributed by atoms with E-state index in [-0.39, 0.29) is 22.1 Å². The third-order valence-electron chi connectivity index (χ3n) is 3.07. The summed E-state index contributed by atoms with van der Waals surface area (Å²) in [7, 11) is 0. The van der Waals surface area contributed by atoms with Crippen LogP contribution in [-0.4, -0.2) is 9.97 Å². The fraction of sp³-hybridized carbons (Fsp3) is 0.0667. The molecule has 0 aliphatic heterocycles. The molecule has 0 N–H and O–H groups in total. The summed E-state index contributed by atoms with van der Waals surface area (Å²) in [5.74, 6) is -0.950. The molecule has 0 saturated heterocycles. The summed E-state index contributed by atoms with van der Waals surface area (Å²) in [6.07, 6.45) is 0. The van der Waals surface area contributed by atoms with Crippen molar-refractivity contribution in [2.24, 2.45) is 0 Å². The van der Waals surface area contributed by atoms with E-state index in [2.05, 4.69) is 25.9 Å². The summed E-state index contributed by atoms with van der Waals surface area (Å²) < 4.78 is 28.5. The number of nitrogens with zero attached hydrogens (tertiary/aromatic N) is 2. The van der Waals surface area contributed by atoms with Gasteiger partial charge in [-0.2, -0.15) is 0 Å². The number of hydrogen-bond acceptors (Lipinski definition) is 2. The molecule has 0 saturated carbocycles. The molecule has 21 heavy (non-hydrogen) atoms. The van der Waals surface area contributed by atoms with E-state index in [0.717, 1.165) is 5.56 Å². The van der Waals surface area contributed by atoms with Crippen LogP contribution in [0.2, 0.25) is 5.15 Å². The molecule has 0 aliphatic rings. The van der Waals surface area contributed by atoms with E-state index < -0.39 is 11.6 Å². The van der Waals surface area contributed by atoms with E-state index in [9.17, 15) is 8.78 Å². The van der Waals surface area contributed by atoms with Gasteiger partial charge in [-0.3, -0.25) is 0 Å². The molecule has 0 unspecified atom stereocenters. The average molecular weight is 370 g/mol. The number of fused-ring (bicyclic) bond motifs is 1. The van der Waals surface area contributed by atoms with Gasteiger partial charge in [0.1, 0.15) is 22.3 Å². The molecule has 0 amide bonds.